The van der Waals surface area contributed by atoms with Crippen LogP contribution in [0.3, 0.4) is 0 Å². The zero-order valence-electron chi connectivity index (χ0n) is 14.5. The monoisotopic (exact) mass is 375 g/mol. The van der Waals surface area contributed by atoms with E-state index in [0.717, 1.165) is 4.88 Å². The summed E-state index contributed by atoms with van der Waals surface area (Å²) < 4.78 is 4.93. The fourth-order valence-electron chi connectivity index (χ4n) is 2.40. The summed E-state index contributed by atoms with van der Waals surface area (Å²) in [6.45, 7) is 5.34. The van der Waals surface area contributed by atoms with Crippen molar-refractivity contribution in [3.8, 4) is 0 Å². The second kappa shape index (κ2) is 9.69. The molecule has 0 radical (unpaired) electrons. The molecule has 0 fully saturated rings. The van der Waals surface area contributed by atoms with Gasteiger partial charge in [-0.15, -0.1) is 17.9 Å². The minimum Gasteiger partial charge on any atom is -0.383 e. The van der Waals surface area contributed by atoms with Crippen LogP contribution in [0.4, 0.5) is 11.4 Å². The number of benzene rings is 1. The third kappa shape index (κ3) is 5.14. The number of carbonyl (C=O) groups excluding carboxylic acids is 1. The number of amides is 1. The summed E-state index contributed by atoms with van der Waals surface area (Å²) >= 11 is 1.55. The number of carbonyl (C=O) groups is 1. The first-order valence-corrected chi connectivity index (χ1v) is 8.88. The highest BCUT2D eigenvalue weighted by Crippen LogP contribution is 2.26. The summed E-state index contributed by atoms with van der Waals surface area (Å²) in [6, 6.07) is 8.32. The predicted octanol–water partition coefficient (Wildman–Crippen LogP) is 3.54. The molecule has 1 heterocycles. The molecule has 8 heteroatoms. The lowest BCUT2D eigenvalue weighted by Gasteiger charge is -2.20. The SMILES string of the molecule is C=CCN(Cc1cccs1)C(=O)c1ccc(NCCOC)c([N+](=O)[O-])c1. The Morgan fingerprint density at radius 2 is 2.27 bits per heavy atom. The molecular weight excluding hydrogens is 354 g/mol. The van der Waals surface area contributed by atoms with Gasteiger partial charge in [-0.2, -0.15) is 0 Å². The van der Waals surface area contributed by atoms with Crippen LogP contribution in [0.2, 0.25) is 0 Å². The van der Waals surface area contributed by atoms with Gasteiger partial charge >= 0.3 is 0 Å². The molecule has 0 saturated heterocycles. The Balaban J connectivity index is 2.23. The number of nitro groups is 1. The van der Waals surface area contributed by atoms with Crippen molar-refractivity contribution in [2.75, 3.05) is 32.1 Å². The average Bonchev–Trinajstić information content (AvgIpc) is 3.14. The molecule has 0 saturated carbocycles. The van der Waals surface area contributed by atoms with Gasteiger partial charge in [0.05, 0.1) is 18.1 Å². The third-order valence-electron chi connectivity index (χ3n) is 3.63. The largest absolute Gasteiger partial charge is 0.383 e. The number of methoxy groups -OCH3 is 1. The van der Waals surface area contributed by atoms with Crippen molar-refractivity contribution in [1.29, 1.82) is 0 Å². The Hall–Kier alpha value is -2.71. The molecule has 0 aliphatic carbocycles. The standard InChI is InChI=1S/C18H21N3O4S/c1-3-9-20(13-15-5-4-11-26-15)18(22)14-6-7-16(19-8-10-25-2)17(12-14)21(23)24/h3-7,11-12,19H,1,8-10,13H2,2H3. The van der Waals surface area contributed by atoms with E-state index < -0.39 is 4.92 Å². The molecule has 26 heavy (non-hydrogen) atoms. The van der Waals surface area contributed by atoms with Gasteiger partial charge in [-0.25, -0.2) is 0 Å². The molecule has 2 aromatic rings. The first-order chi connectivity index (χ1) is 12.6. The lowest BCUT2D eigenvalue weighted by Crippen LogP contribution is -2.30. The number of anilines is 1. The molecule has 1 aromatic carbocycles. The van der Waals surface area contributed by atoms with Gasteiger partial charge < -0.3 is 15.0 Å². The van der Waals surface area contributed by atoms with E-state index >= 15 is 0 Å². The van der Waals surface area contributed by atoms with E-state index in [9.17, 15) is 14.9 Å². The van der Waals surface area contributed by atoms with Crippen LogP contribution in [0.15, 0.2) is 48.4 Å². The highest BCUT2D eigenvalue weighted by atomic mass is 32.1. The van der Waals surface area contributed by atoms with Crippen molar-refractivity contribution in [3.05, 3.63) is 68.9 Å². The molecule has 138 valence electrons. The molecule has 0 spiro atoms. The second-order valence-corrected chi connectivity index (χ2v) is 6.49. The minimum atomic E-state index is -0.497. The molecule has 0 aliphatic rings. The molecule has 0 bridgehead atoms. The Labute approximate surface area is 156 Å². The Bertz CT molecular complexity index is 762. The number of nitrogens with one attached hydrogen (secondary N) is 1. The van der Waals surface area contributed by atoms with Crippen LogP contribution in [-0.4, -0.2) is 42.5 Å². The van der Waals surface area contributed by atoms with Gasteiger partial charge in [0.15, 0.2) is 0 Å². The molecule has 2 rings (SSSR count). The summed E-state index contributed by atoms with van der Waals surface area (Å²) in [6.07, 6.45) is 1.64. The topological polar surface area (TPSA) is 84.7 Å². The maximum atomic E-state index is 12.8. The lowest BCUT2D eigenvalue weighted by molar-refractivity contribution is -0.384. The third-order valence-corrected chi connectivity index (χ3v) is 4.49. The second-order valence-electron chi connectivity index (χ2n) is 5.46. The highest BCUT2D eigenvalue weighted by molar-refractivity contribution is 7.09. The maximum Gasteiger partial charge on any atom is 0.293 e. The summed E-state index contributed by atoms with van der Waals surface area (Å²) in [7, 11) is 1.56. The number of hydrogen-bond acceptors (Lipinski definition) is 6. The molecule has 1 amide bonds. The van der Waals surface area contributed by atoms with Crippen LogP contribution >= 0.6 is 11.3 Å². The van der Waals surface area contributed by atoms with Crippen molar-refractivity contribution in [1.82, 2.24) is 4.90 Å². The van der Waals surface area contributed by atoms with E-state index in [1.165, 1.54) is 6.07 Å². The predicted molar refractivity (Wildman–Crippen MR) is 103 cm³/mol. The van der Waals surface area contributed by atoms with Gasteiger partial charge in [-0.3, -0.25) is 14.9 Å². The lowest BCUT2D eigenvalue weighted by atomic mass is 10.1. The van der Waals surface area contributed by atoms with E-state index in [1.807, 2.05) is 17.5 Å². The van der Waals surface area contributed by atoms with Crippen LogP contribution < -0.4 is 5.32 Å². The van der Waals surface area contributed by atoms with Gasteiger partial charge in [-0.05, 0) is 23.6 Å². The van der Waals surface area contributed by atoms with Crippen LogP contribution in [0, 0.1) is 10.1 Å². The number of thiophene rings is 1. The number of rotatable bonds is 10. The molecule has 1 aromatic heterocycles. The number of hydrogen-bond donors (Lipinski definition) is 1. The van der Waals surface area contributed by atoms with E-state index in [2.05, 4.69) is 11.9 Å². The minimum absolute atomic E-state index is 0.137. The van der Waals surface area contributed by atoms with E-state index in [-0.39, 0.29) is 17.2 Å². The van der Waals surface area contributed by atoms with Crippen molar-refractivity contribution >= 4 is 28.6 Å². The average molecular weight is 375 g/mol. The summed E-state index contributed by atoms with van der Waals surface area (Å²) in [5.74, 6) is -0.273. The zero-order chi connectivity index (χ0) is 18.9. The van der Waals surface area contributed by atoms with Crippen LogP contribution in [0.25, 0.3) is 0 Å². The molecule has 1 N–H and O–H groups in total. The van der Waals surface area contributed by atoms with Gasteiger partial charge in [0, 0.05) is 36.7 Å². The summed E-state index contributed by atoms with van der Waals surface area (Å²) in [5, 5.41) is 16.3. The van der Waals surface area contributed by atoms with Crippen molar-refractivity contribution in [2.45, 2.75) is 6.54 Å². The van der Waals surface area contributed by atoms with Gasteiger partial charge in [0.25, 0.3) is 11.6 Å². The van der Waals surface area contributed by atoms with Crippen molar-refractivity contribution in [2.24, 2.45) is 0 Å². The molecule has 0 aliphatic heterocycles. The van der Waals surface area contributed by atoms with Crippen LogP contribution in [0.1, 0.15) is 15.2 Å². The maximum absolute atomic E-state index is 12.8. The van der Waals surface area contributed by atoms with E-state index in [0.29, 0.717) is 31.9 Å². The van der Waals surface area contributed by atoms with Crippen molar-refractivity contribution in [3.63, 3.8) is 0 Å². The van der Waals surface area contributed by atoms with Crippen LogP contribution in [-0.2, 0) is 11.3 Å². The van der Waals surface area contributed by atoms with Crippen molar-refractivity contribution < 1.29 is 14.5 Å². The molecule has 7 nitrogen and oxygen atoms in total. The highest BCUT2D eigenvalue weighted by Gasteiger charge is 2.21. The quantitative estimate of drug-likeness (QED) is 0.297. The Morgan fingerprint density at radius 1 is 1.46 bits per heavy atom. The Morgan fingerprint density at radius 3 is 2.88 bits per heavy atom. The fourth-order valence-corrected chi connectivity index (χ4v) is 3.12. The first kappa shape index (κ1) is 19.6. The normalized spacial score (nSPS) is 10.3. The summed E-state index contributed by atoms with van der Waals surface area (Å²) in [5.41, 5.74) is 0.492. The fraction of sp³-hybridized carbons (Fsp3) is 0.278. The number of nitro benzene ring substituents is 1. The van der Waals surface area contributed by atoms with Gasteiger partial charge in [-0.1, -0.05) is 12.1 Å². The number of nitrogens with zero attached hydrogens (tertiary/aromatic N) is 2. The molecule has 0 unspecified atom stereocenters. The Kier molecular flexibility index (Phi) is 7.31. The van der Waals surface area contributed by atoms with Gasteiger partial charge in [0.1, 0.15) is 5.69 Å². The first-order valence-electron chi connectivity index (χ1n) is 8.00. The summed E-state index contributed by atoms with van der Waals surface area (Å²) in [4.78, 5) is 26.3. The van der Waals surface area contributed by atoms with Gasteiger partial charge in [0.2, 0.25) is 0 Å². The zero-order valence-corrected chi connectivity index (χ0v) is 15.3. The van der Waals surface area contributed by atoms with E-state index in [4.69, 9.17) is 4.74 Å². The van der Waals surface area contributed by atoms with E-state index in [1.54, 1.807) is 41.6 Å². The molecule has 0 atom stereocenters. The molecular formula is C18H21N3O4S. The van der Waals surface area contributed by atoms with Crippen LogP contribution in [0.5, 0.6) is 0 Å². The number of ether oxygens (including phenoxy) is 1. The smallest absolute Gasteiger partial charge is 0.293 e.